The van der Waals surface area contributed by atoms with Crippen molar-refractivity contribution in [3.05, 3.63) is 30.1 Å². The van der Waals surface area contributed by atoms with E-state index in [1.807, 2.05) is 25.1 Å². The smallest absolute Gasteiger partial charge is 0.226 e. The minimum Gasteiger partial charge on any atom is -0.393 e. The standard InChI is InChI=1S/C12H18N2O2/c1-2-11(15)6-8-14-12(16)9-10-5-3-4-7-13-10/h3-5,7,11,15H,2,6,8-9H2,1H3,(H,14,16). The van der Waals surface area contributed by atoms with Crippen molar-refractivity contribution in [1.29, 1.82) is 0 Å². The van der Waals surface area contributed by atoms with Crippen molar-refractivity contribution in [2.75, 3.05) is 6.54 Å². The van der Waals surface area contributed by atoms with Gasteiger partial charge in [0.25, 0.3) is 0 Å². The largest absolute Gasteiger partial charge is 0.393 e. The number of aliphatic hydroxyl groups is 1. The molecule has 0 aromatic carbocycles. The van der Waals surface area contributed by atoms with Crippen LogP contribution >= 0.6 is 0 Å². The summed E-state index contributed by atoms with van der Waals surface area (Å²) >= 11 is 0. The fourth-order valence-electron chi connectivity index (χ4n) is 1.31. The maximum absolute atomic E-state index is 11.4. The number of carbonyl (C=O) groups is 1. The molecule has 0 bridgehead atoms. The van der Waals surface area contributed by atoms with E-state index < -0.39 is 0 Å². The summed E-state index contributed by atoms with van der Waals surface area (Å²) in [7, 11) is 0. The average Bonchev–Trinajstić information content (AvgIpc) is 2.30. The molecule has 0 radical (unpaired) electrons. The molecule has 0 fully saturated rings. The molecule has 0 spiro atoms. The Labute approximate surface area is 95.7 Å². The second kappa shape index (κ2) is 6.95. The highest BCUT2D eigenvalue weighted by molar-refractivity contribution is 5.77. The van der Waals surface area contributed by atoms with Crippen LogP contribution in [-0.4, -0.2) is 28.6 Å². The zero-order chi connectivity index (χ0) is 11.8. The number of carbonyl (C=O) groups excluding carboxylic acids is 1. The van der Waals surface area contributed by atoms with Gasteiger partial charge < -0.3 is 10.4 Å². The van der Waals surface area contributed by atoms with Crippen LogP contribution in [0.2, 0.25) is 0 Å². The van der Waals surface area contributed by atoms with Gasteiger partial charge in [-0.15, -0.1) is 0 Å². The Morgan fingerprint density at radius 3 is 3.00 bits per heavy atom. The molecule has 4 heteroatoms. The zero-order valence-electron chi connectivity index (χ0n) is 9.52. The number of nitrogens with zero attached hydrogens (tertiary/aromatic N) is 1. The number of aromatic nitrogens is 1. The van der Waals surface area contributed by atoms with Gasteiger partial charge in [0.15, 0.2) is 0 Å². The lowest BCUT2D eigenvalue weighted by Gasteiger charge is -2.08. The van der Waals surface area contributed by atoms with Gasteiger partial charge in [0, 0.05) is 18.4 Å². The highest BCUT2D eigenvalue weighted by atomic mass is 16.3. The third-order valence-electron chi connectivity index (χ3n) is 2.34. The van der Waals surface area contributed by atoms with Crippen LogP contribution in [0.25, 0.3) is 0 Å². The molecule has 0 saturated carbocycles. The molecule has 0 aliphatic carbocycles. The van der Waals surface area contributed by atoms with Gasteiger partial charge >= 0.3 is 0 Å². The molecule has 16 heavy (non-hydrogen) atoms. The lowest BCUT2D eigenvalue weighted by Crippen LogP contribution is -2.28. The maximum atomic E-state index is 11.4. The summed E-state index contributed by atoms with van der Waals surface area (Å²) in [5, 5.41) is 12.1. The Hall–Kier alpha value is -1.42. The Balaban J connectivity index is 2.21. The van der Waals surface area contributed by atoms with E-state index in [0.717, 1.165) is 12.1 Å². The Bertz CT molecular complexity index is 314. The molecular weight excluding hydrogens is 204 g/mol. The van der Waals surface area contributed by atoms with Crippen LogP contribution in [0.3, 0.4) is 0 Å². The van der Waals surface area contributed by atoms with E-state index in [1.165, 1.54) is 0 Å². The minimum absolute atomic E-state index is 0.0537. The van der Waals surface area contributed by atoms with Crippen LogP contribution in [0, 0.1) is 0 Å². The molecule has 1 unspecified atom stereocenters. The summed E-state index contributed by atoms with van der Waals surface area (Å²) in [6, 6.07) is 5.50. The van der Waals surface area contributed by atoms with Crippen molar-refractivity contribution < 1.29 is 9.90 Å². The first-order chi connectivity index (χ1) is 7.72. The third kappa shape index (κ3) is 4.89. The first-order valence-corrected chi connectivity index (χ1v) is 5.57. The predicted molar refractivity (Wildman–Crippen MR) is 61.9 cm³/mol. The monoisotopic (exact) mass is 222 g/mol. The van der Waals surface area contributed by atoms with Gasteiger partial charge in [-0.05, 0) is 25.0 Å². The van der Waals surface area contributed by atoms with E-state index in [2.05, 4.69) is 10.3 Å². The predicted octanol–water partition coefficient (Wildman–Crippen LogP) is 0.901. The summed E-state index contributed by atoms with van der Waals surface area (Å²) in [5.74, 6) is -0.0537. The van der Waals surface area contributed by atoms with Gasteiger partial charge in [0.2, 0.25) is 5.91 Å². The summed E-state index contributed by atoms with van der Waals surface area (Å²) < 4.78 is 0. The van der Waals surface area contributed by atoms with Crippen molar-refractivity contribution >= 4 is 5.91 Å². The van der Waals surface area contributed by atoms with Gasteiger partial charge in [-0.25, -0.2) is 0 Å². The van der Waals surface area contributed by atoms with Crippen molar-refractivity contribution in [3.8, 4) is 0 Å². The molecular formula is C12H18N2O2. The van der Waals surface area contributed by atoms with E-state index in [-0.39, 0.29) is 12.0 Å². The van der Waals surface area contributed by atoms with E-state index >= 15 is 0 Å². The highest BCUT2D eigenvalue weighted by Gasteiger charge is 2.05. The second-order valence-corrected chi connectivity index (χ2v) is 3.70. The van der Waals surface area contributed by atoms with E-state index in [9.17, 15) is 9.90 Å². The Morgan fingerprint density at radius 1 is 1.56 bits per heavy atom. The van der Waals surface area contributed by atoms with Crippen molar-refractivity contribution in [1.82, 2.24) is 10.3 Å². The first kappa shape index (κ1) is 12.6. The molecule has 2 N–H and O–H groups in total. The fraction of sp³-hybridized carbons (Fsp3) is 0.500. The SMILES string of the molecule is CCC(O)CCNC(=O)Cc1ccccn1. The summed E-state index contributed by atoms with van der Waals surface area (Å²) in [4.78, 5) is 15.5. The normalized spacial score (nSPS) is 12.1. The van der Waals surface area contributed by atoms with Gasteiger partial charge in [-0.3, -0.25) is 9.78 Å². The quantitative estimate of drug-likeness (QED) is 0.751. The summed E-state index contributed by atoms with van der Waals surface area (Å²) in [6.07, 6.45) is 2.96. The number of amides is 1. The molecule has 1 aromatic rings. The van der Waals surface area contributed by atoms with Gasteiger partial charge in [0.05, 0.1) is 12.5 Å². The van der Waals surface area contributed by atoms with Crippen LogP contribution in [0.1, 0.15) is 25.5 Å². The van der Waals surface area contributed by atoms with Crippen LogP contribution in [0.4, 0.5) is 0 Å². The van der Waals surface area contributed by atoms with Crippen molar-refractivity contribution in [2.24, 2.45) is 0 Å². The van der Waals surface area contributed by atoms with E-state index in [4.69, 9.17) is 0 Å². The van der Waals surface area contributed by atoms with Crippen LogP contribution in [0.15, 0.2) is 24.4 Å². The highest BCUT2D eigenvalue weighted by Crippen LogP contribution is 1.96. The second-order valence-electron chi connectivity index (χ2n) is 3.70. The van der Waals surface area contributed by atoms with Crippen LogP contribution in [0.5, 0.6) is 0 Å². The molecule has 1 heterocycles. The van der Waals surface area contributed by atoms with Crippen molar-refractivity contribution in [2.45, 2.75) is 32.3 Å². The number of aliphatic hydroxyl groups excluding tert-OH is 1. The number of pyridine rings is 1. The molecule has 0 saturated heterocycles. The van der Waals surface area contributed by atoms with Gasteiger partial charge in [0.1, 0.15) is 0 Å². The molecule has 4 nitrogen and oxygen atoms in total. The number of rotatable bonds is 6. The number of hydrogen-bond donors (Lipinski definition) is 2. The molecule has 88 valence electrons. The van der Waals surface area contributed by atoms with E-state index in [0.29, 0.717) is 19.4 Å². The van der Waals surface area contributed by atoms with E-state index in [1.54, 1.807) is 6.20 Å². The molecule has 0 aliphatic rings. The van der Waals surface area contributed by atoms with Crippen LogP contribution in [-0.2, 0) is 11.2 Å². The lowest BCUT2D eigenvalue weighted by atomic mass is 10.2. The zero-order valence-corrected chi connectivity index (χ0v) is 9.52. The first-order valence-electron chi connectivity index (χ1n) is 5.57. The Kier molecular flexibility index (Phi) is 5.50. The molecule has 0 aliphatic heterocycles. The fourth-order valence-corrected chi connectivity index (χ4v) is 1.31. The van der Waals surface area contributed by atoms with Gasteiger partial charge in [-0.2, -0.15) is 0 Å². The summed E-state index contributed by atoms with van der Waals surface area (Å²) in [5.41, 5.74) is 0.760. The Morgan fingerprint density at radius 2 is 2.38 bits per heavy atom. The number of nitrogens with one attached hydrogen (secondary N) is 1. The third-order valence-corrected chi connectivity index (χ3v) is 2.34. The topological polar surface area (TPSA) is 62.2 Å². The van der Waals surface area contributed by atoms with Gasteiger partial charge in [-0.1, -0.05) is 13.0 Å². The molecule has 1 atom stereocenters. The average molecular weight is 222 g/mol. The maximum Gasteiger partial charge on any atom is 0.226 e. The molecule has 1 rings (SSSR count). The summed E-state index contributed by atoms with van der Waals surface area (Å²) in [6.45, 7) is 2.43. The molecule has 1 aromatic heterocycles. The molecule has 1 amide bonds. The minimum atomic E-state index is -0.324. The van der Waals surface area contributed by atoms with Crippen LogP contribution < -0.4 is 5.32 Å². The van der Waals surface area contributed by atoms with Crippen molar-refractivity contribution in [3.63, 3.8) is 0 Å². The number of hydrogen-bond acceptors (Lipinski definition) is 3. The lowest BCUT2D eigenvalue weighted by molar-refractivity contribution is -0.120.